The van der Waals surface area contributed by atoms with E-state index in [1.54, 1.807) is 0 Å². The highest BCUT2D eigenvalue weighted by Gasteiger charge is 2.22. The van der Waals surface area contributed by atoms with Crippen molar-refractivity contribution in [2.45, 2.75) is 19.4 Å². The molecule has 98 valence electrons. The average Bonchev–Trinajstić information content (AvgIpc) is 2.44. The topological polar surface area (TPSA) is 15.7 Å². The Kier molecular flexibility index (Phi) is 3.27. The number of hydrogen-bond acceptors (Lipinski definition) is 3. The molecule has 1 atom stereocenters. The third-order valence-electron chi connectivity index (χ3n) is 4.35. The zero-order chi connectivity index (χ0) is 12.5. The van der Waals surface area contributed by atoms with Crippen LogP contribution in [0.25, 0.3) is 0 Å². The van der Waals surface area contributed by atoms with Crippen LogP contribution in [0.3, 0.4) is 0 Å². The molecule has 0 radical (unpaired) electrons. The molecular weight excluding hydrogens is 224 g/mol. The molecule has 0 spiro atoms. The number of anilines is 1. The fourth-order valence-corrected chi connectivity index (χ4v) is 2.95. The van der Waals surface area contributed by atoms with E-state index in [9.17, 15) is 0 Å². The van der Waals surface area contributed by atoms with E-state index < -0.39 is 0 Å². The SMILES string of the molecule is CC1c2cc(N3CCOCC3)ccc2CCN1C. The Morgan fingerprint density at radius 2 is 1.94 bits per heavy atom. The van der Waals surface area contributed by atoms with Crippen molar-refractivity contribution in [1.29, 1.82) is 0 Å². The second-order valence-corrected chi connectivity index (χ2v) is 5.39. The van der Waals surface area contributed by atoms with E-state index in [1.165, 1.54) is 29.8 Å². The lowest BCUT2D eigenvalue weighted by molar-refractivity contribution is 0.122. The molecule has 0 aliphatic carbocycles. The number of benzene rings is 1. The Bertz CT molecular complexity index is 427. The third kappa shape index (κ3) is 2.13. The molecule has 1 unspecified atom stereocenters. The summed E-state index contributed by atoms with van der Waals surface area (Å²) in [6.45, 7) is 7.22. The van der Waals surface area contributed by atoms with Crippen LogP contribution in [0.5, 0.6) is 0 Å². The standard InChI is InChI=1S/C15H22N2O/c1-12-15-11-14(17-7-9-18-10-8-17)4-3-13(15)5-6-16(12)2/h3-4,11-12H,5-10H2,1-2H3. The Labute approximate surface area is 109 Å². The normalized spacial score (nSPS) is 25.0. The summed E-state index contributed by atoms with van der Waals surface area (Å²) < 4.78 is 5.42. The molecule has 3 rings (SSSR count). The van der Waals surface area contributed by atoms with Crippen molar-refractivity contribution in [3.8, 4) is 0 Å². The molecule has 1 saturated heterocycles. The van der Waals surface area contributed by atoms with E-state index in [0.717, 1.165) is 26.3 Å². The van der Waals surface area contributed by atoms with Crippen LogP contribution in [0.4, 0.5) is 5.69 Å². The summed E-state index contributed by atoms with van der Waals surface area (Å²) >= 11 is 0. The van der Waals surface area contributed by atoms with Gasteiger partial charge < -0.3 is 9.64 Å². The monoisotopic (exact) mass is 246 g/mol. The maximum atomic E-state index is 5.42. The molecule has 18 heavy (non-hydrogen) atoms. The molecule has 0 amide bonds. The first kappa shape index (κ1) is 12.0. The minimum atomic E-state index is 0.537. The average molecular weight is 246 g/mol. The van der Waals surface area contributed by atoms with Gasteiger partial charge in [-0.05, 0) is 43.7 Å². The number of hydrogen-bond donors (Lipinski definition) is 0. The maximum Gasteiger partial charge on any atom is 0.0642 e. The van der Waals surface area contributed by atoms with Gasteiger partial charge in [0.15, 0.2) is 0 Å². The summed E-state index contributed by atoms with van der Waals surface area (Å²) in [7, 11) is 2.22. The molecule has 2 heterocycles. The van der Waals surface area contributed by atoms with E-state index in [-0.39, 0.29) is 0 Å². The molecule has 2 aliphatic heterocycles. The van der Waals surface area contributed by atoms with Gasteiger partial charge in [0.05, 0.1) is 13.2 Å². The highest BCUT2D eigenvalue weighted by molar-refractivity contribution is 5.52. The van der Waals surface area contributed by atoms with Crippen LogP contribution >= 0.6 is 0 Å². The molecule has 1 aromatic rings. The summed E-state index contributed by atoms with van der Waals surface area (Å²) in [5.41, 5.74) is 4.39. The zero-order valence-electron chi connectivity index (χ0n) is 11.4. The molecule has 0 aromatic heterocycles. The van der Waals surface area contributed by atoms with Gasteiger partial charge in [-0.2, -0.15) is 0 Å². The fraction of sp³-hybridized carbons (Fsp3) is 0.600. The van der Waals surface area contributed by atoms with E-state index in [1.807, 2.05) is 0 Å². The smallest absolute Gasteiger partial charge is 0.0642 e. The van der Waals surface area contributed by atoms with Gasteiger partial charge in [0, 0.05) is 31.4 Å². The van der Waals surface area contributed by atoms with Crippen LogP contribution in [-0.4, -0.2) is 44.8 Å². The predicted molar refractivity (Wildman–Crippen MR) is 74.2 cm³/mol. The third-order valence-corrected chi connectivity index (χ3v) is 4.35. The highest BCUT2D eigenvalue weighted by Crippen LogP contribution is 2.31. The van der Waals surface area contributed by atoms with Crippen molar-refractivity contribution in [2.75, 3.05) is 44.8 Å². The number of nitrogens with zero attached hydrogens (tertiary/aromatic N) is 2. The summed E-state index contributed by atoms with van der Waals surface area (Å²) in [6, 6.07) is 7.53. The minimum absolute atomic E-state index is 0.537. The Morgan fingerprint density at radius 1 is 1.17 bits per heavy atom. The number of morpholine rings is 1. The van der Waals surface area contributed by atoms with Gasteiger partial charge in [0.2, 0.25) is 0 Å². The van der Waals surface area contributed by atoms with Crippen molar-refractivity contribution in [3.05, 3.63) is 29.3 Å². The Balaban J connectivity index is 1.89. The van der Waals surface area contributed by atoms with Crippen LogP contribution in [0.1, 0.15) is 24.1 Å². The first-order valence-corrected chi connectivity index (χ1v) is 6.91. The maximum absolute atomic E-state index is 5.42. The van der Waals surface area contributed by atoms with Crippen molar-refractivity contribution < 1.29 is 4.74 Å². The van der Waals surface area contributed by atoms with E-state index in [2.05, 4.69) is 42.0 Å². The van der Waals surface area contributed by atoms with E-state index in [4.69, 9.17) is 4.74 Å². The Morgan fingerprint density at radius 3 is 2.72 bits per heavy atom. The van der Waals surface area contributed by atoms with Gasteiger partial charge in [-0.25, -0.2) is 0 Å². The molecular formula is C15H22N2O. The number of likely N-dealkylation sites (N-methyl/N-ethyl adjacent to an activating group) is 1. The quantitative estimate of drug-likeness (QED) is 0.754. The molecule has 2 aliphatic rings. The summed E-state index contributed by atoms with van der Waals surface area (Å²) in [6.07, 6.45) is 1.18. The molecule has 3 heteroatoms. The largest absolute Gasteiger partial charge is 0.378 e. The summed E-state index contributed by atoms with van der Waals surface area (Å²) in [5.74, 6) is 0. The predicted octanol–water partition coefficient (Wildman–Crippen LogP) is 2.07. The van der Waals surface area contributed by atoms with E-state index in [0.29, 0.717) is 6.04 Å². The molecule has 0 saturated carbocycles. The van der Waals surface area contributed by atoms with Crippen LogP contribution in [0.2, 0.25) is 0 Å². The lowest BCUT2D eigenvalue weighted by atomic mass is 9.93. The van der Waals surface area contributed by atoms with Gasteiger partial charge >= 0.3 is 0 Å². The lowest BCUT2D eigenvalue weighted by Crippen LogP contribution is -2.36. The lowest BCUT2D eigenvalue weighted by Gasteiger charge is -2.34. The first-order chi connectivity index (χ1) is 8.75. The fourth-order valence-electron chi connectivity index (χ4n) is 2.95. The number of fused-ring (bicyclic) bond motifs is 1. The van der Waals surface area contributed by atoms with Crippen LogP contribution in [0, 0.1) is 0 Å². The van der Waals surface area contributed by atoms with Gasteiger partial charge in [-0.1, -0.05) is 6.07 Å². The number of rotatable bonds is 1. The van der Waals surface area contributed by atoms with Gasteiger partial charge in [0.25, 0.3) is 0 Å². The van der Waals surface area contributed by atoms with Gasteiger partial charge in [-0.15, -0.1) is 0 Å². The summed E-state index contributed by atoms with van der Waals surface area (Å²) in [5, 5.41) is 0. The molecule has 1 aromatic carbocycles. The van der Waals surface area contributed by atoms with Crippen molar-refractivity contribution in [2.24, 2.45) is 0 Å². The Hall–Kier alpha value is -1.06. The zero-order valence-corrected chi connectivity index (χ0v) is 11.4. The van der Waals surface area contributed by atoms with E-state index >= 15 is 0 Å². The second-order valence-electron chi connectivity index (χ2n) is 5.39. The van der Waals surface area contributed by atoms with Gasteiger partial charge in [-0.3, -0.25) is 4.90 Å². The van der Waals surface area contributed by atoms with Crippen LogP contribution < -0.4 is 4.90 Å². The first-order valence-electron chi connectivity index (χ1n) is 6.91. The van der Waals surface area contributed by atoms with Crippen molar-refractivity contribution in [1.82, 2.24) is 4.90 Å². The second kappa shape index (κ2) is 4.90. The molecule has 0 bridgehead atoms. The van der Waals surface area contributed by atoms with Gasteiger partial charge in [0.1, 0.15) is 0 Å². The van der Waals surface area contributed by atoms with Crippen LogP contribution in [-0.2, 0) is 11.2 Å². The molecule has 0 N–H and O–H groups in total. The number of ether oxygens (including phenoxy) is 1. The molecule has 1 fully saturated rings. The summed E-state index contributed by atoms with van der Waals surface area (Å²) in [4.78, 5) is 4.87. The van der Waals surface area contributed by atoms with Crippen LogP contribution in [0.15, 0.2) is 18.2 Å². The van der Waals surface area contributed by atoms with Crippen molar-refractivity contribution in [3.63, 3.8) is 0 Å². The highest BCUT2D eigenvalue weighted by atomic mass is 16.5. The molecule has 3 nitrogen and oxygen atoms in total. The van der Waals surface area contributed by atoms with Crippen molar-refractivity contribution >= 4 is 5.69 Å². The minimum Gasteiger partial charge on any atom is -0.378 e.